The molecule has 162 valence electrons. The average Bonchev–Trinajstić information content (AvgIpc) is 2.76. The van der Waals surface area contributed by atoms with Gasteiger partial charge in [-0.1, -0.05) is 23.7 Å². The van der Waals surface area contributed by atoms with Gasteiger partial charge in [-0.15, -0.1) is 11.8 Å². The van der Waals surface area contributed by atoms with Crippen LogP contribution >= 0.6 is 23.4 Å². The summed E-state index contributed by atoms with van der Waals surface area (Å²) in [6.45, 7) is 4.53. The molecule has 0 saturated carbocycles. The average molecular weight is 449 g/mol. The van der Waals surface area contributed by atoms with Crippen molar-refractivity contribution >= 4 is 35.2 Å². The molecule has 0 heterocycles. The van der Waals surface area contributed by atoms with E-state index in [4.69, 9.17) is 16.3 Å². The van der Waals surface area contributed by atoms with Crippen LogP contribution < -0.4 is 10.1 Å². The lowest BCUT2D eigenvalue weighted by atomic mass is 10.1. The van der Waals surface area contributed by atoms with E-state index >= 15 is 0 Å². The minimum atomic E-state index is -0.549. The predicted octanol–water partition coefficient (Wildman–Crippen LogP) is 4.77. The van der Waals surface area contributed by atoms with Gasteiger partial charge in [0.05, 0.1) is 7.11 Å². The second-order valence-corrected chi connectivity index (χ2v) is 8.45. The van der Waals surface area contributed by atoms with Gasteiger partial charge in [-0.3, -0.25) is 9.59 Å². The maximum Gasteiger partial charge on any atom is 0.242 e. The zero-order chi connectivity index (χ0) is 21.9. The van der Waals surface area contributed by atoms with Gasteiger partial charge in [0.2, 0.25) is 11.8 Å². The third-order valence-electron chi connectivity index (χ3n) is 4.62. The van der Waals surface area contributed by atoms with E-state index < -0.39 is 6.04 Å². The molecular weight excluding hydrogens is 420 g/mol. The minimum Gasteiger partial charge on any atom is -0.497 e. The highest BCUT2D eigenvalue weighted by Gasteiger charge is 2.25. The summed E-state index contributed by atoms with van der Waals surface area (Å²) >= 11 is 7.60. The molecule has 2 rings (SSSR count). The van der Waals surface area contributed by atoms with Gasteiger partial charge in [-0.05, 0) is 68.0 Å². The number of methoxy groups -OCH3 is 1. The van der Waals surface area contributed by atoms with Crippen LogP contribution in [0.1, 0.15) is 32.3 Å². The van der Waals surface area contributed by atoms with Gasteiger partial charge in [-0.2, -0.15) is 0 Å². The van der Waals surface area contributed by atoms with Crippen LogP contribution in [0.4, 0.5) is 0 Å². The number of ether oxygens (including phenoxy) is 1. The topological polar surface area (TPSA) is 58.6 Å². The first-order valence-electron chi connectivity index (χ1n) is 10.0. The number of nitrogens with zero attached hydrogens (tertiary/aromatic N) is 1. The van der Waals surface area contributed by atoms with Gasteiger partial charge in [0.15, 0.2) is 0 Å². The molecular formula is C23H29ClN2O3S. The number of likely N-dealkylation sites (N-methyl/N-ethyl adjacent to an activating group) is 1. The fourth-order valence-corrected chi connectivity index (χ4v) is 3.94. The zero-order valence-corrected chi connectivity index (χ0v) is 19.3. The van der Waals surface area contributed by atoms with Crippen LogP contribution in [0, 0.1) is 0 Å². The molecule has 0 unspecified atom stereocenters. The molecule has 1 N–H and O–H groups in total. The molecule has 30 heavy (non-hydrogen) atoms. The van der Waals surface area contributed by atoms with E-state index in [1.807, 2.05) is 55.5 Å². The first kappa shape index (κ1) is 24.1. The van der Waals surface area contributed by atoms with Crippen molar-refractivity contribution in [3.8, 4) is 5.75 Å². The van der Waals surface area contributed by atoms with Crippen molar-refractivity contribution in [2.75, 3.05) is 19.4 Å². The number of hydrogen-bond donors (Lipinski definition) is 1. The highest BCUT2D eigenvalue weighted by Crippen LogP contribution is 2.22. The number of nitrogens with one attached hydrogen (secondary N) is 1. The van der Waals surface area contributed by atoms with Crippen molar-refractivity contribution in [1.29, 1.82) is 0 Å². The lowest BCUT2D eigenvalue weighted by Gasteiger charge is -2.29. The van der Waals surface area contributed by atoms with Crippen LogP contribution in [0.15, 0.2) is 53.4 Å². The first-order chi connectivity index (χ1) is 14.4. The Morgan fingerprint density at radius 1 is 1.20 bits per heavy atom. The predicted molar refractivity (Wildman–Crippen MR) is 123 cm³/mol. The maximum atomic E-state index is 13.0. The number of hydrogen-bond acceptors (Lipinski definition) is 4. The van der Waals surface area contributed by atoms with E-state index in [0.29, 0.717) is 24.5 Å². The Bertz CT molecular complexity index is 829. The summed E-state index contributed by atoms with van der Waals surface area (Å²) in [6.07, 6.45) is 1.11. The Balaban J connectivity index is 1.99. The Morgan fingerprint density at radius 2 is 1.93 bits per heavy atom. The smallest absolute Gasteiger partial charge is 0.242 e. The molecule has 0 bridgehead atoms. The van der Waals surface area contributed by atoms with Crippen molar-refractivity contribution in [1.82, 2.24) is 10.2 Å². The van der Waals surface area contributed by atoms with Gasteiger partial charge in [0.25, 0.3) is 0 Å². The fourth-order valence-electron chi connectivity index (χ4n) is 2.96. The largest absolute Gasteiger partial charge is 0.497 e. The fraction of sp³-hybridized carbons (Fsp3) is 0.391. The van der Waals surface area contributed by atoms with E-state index in [1.54, 1.807) is 30.7 Å². The summed E-state index contributed by atoms with van der Waals surface area (Å²) in [6, 6.07) is 14.7. The molecule has 0 aliphatic carbocycles. The summed E-state index contributed by atoms with van der Waals surface area (Å²) in [7, 11) is 1.61. The molecule has 0 aliphatic heterocycles. The number of rotatable bonds is 11. The van der Waals surface area contributed by atoms with E-state index in [-0.39, 0.29) is 11.8 Å². The Labute approximate surface area is 188 Å². The molecule has 5 nitrogen and oxygen atoms in total. The van der Waals surface area contributed by atoms with Gasteiger partial charge >= 0.3 is 0 Å². The van der Waals surface area contributed by atoms with E-state index in [2.05, 4.69) is 5.32 Å². The van der Waals surface area contributed by atoms with Crippen molar-refractivity contribution in [3.63, 3.8) is 0 Å². The summed E-state index contributed by atoms with van der Waals surface area (Å²) < 4.78 is 5.28. The van der Waals surface area contributed by atoms with Crippen LogP contribution in [0.3, 0.4) is 0 Å². The van der Waals surface area contributed by atoms with E-state index in [9.17, 15) is 9.59 Å². The monoisotopic (exact) mass is 448 g/mol. The number of amides is 2. The maximum absolute atomic E-state index is 13.0. The molecule has 0 spiro atoms. The Morgan fingerprint density at radius 3 is 2.60 bits per heavy atom. The van der Waals surface area contributed by atoms with Gasteiger partial charge in [0, 0.05) is 29.4 Å². The van der Waals surface area contributed by atoms with E-state index in [0.717, 1.165) is 28.4 Å². The Hall–Kier alpha value is -2.18. The van der Waals surface area contributed by atoms with Crippen molar-refractivity contribution < 1.29 is 14.3 Å². The molecule has 2 aromatic rings. The van der Waals surface area contributed by atoms with Crippen LogP contribution in [0.2, 0.25) is 5.02 Å². The third-order valence-corrected chi connectivity index (χ3v) is 5.97. The minimum absolute atomic E-state index is 0.0340. The second-order valence-electron chi connectivity index (χ2n) is 6.85. The number of carbonyl (C=O) groups excluding carboxylic acids is 2. The molecule has 0 radical (unpaired) electrons. The van der Waals surface area contributed by atoms with Crippen molar-refractivity contribution in [3.05, 3.63) is 59.1 Å². The van der Waals surface area contributed by atoms with Crippen LogP contribution in [-0.4, -0.2) is 42.2 Å². The lowest BCUT2D eigenvalue weighted by molar-refractivity contribution is -0.140. The molecule has 0 fully saturated rings. The molecule has 0 aromatic heterocycles. The van der Waals surface area contributed by atoms with Crippen LogP contribution in [-0.2, 0) is 16.1 Å². The zero-order valence-electron chi connectivity index (χ0n) is 17.7. The summed E-state index contributed by atoms with van der Waals surface area (Å²) in [5.74, 6) is 1.36. The summed E-state index contributed by atoms with van der Waals surface area (Å²) in [4.78, 5) is 28.2. The first-order valence-corrected chi connectivity index (χ1v) is 11.4. The Kier molecular flexibility index (Phi) is 10.0. The number of carbonyl (C=O) groups is 2. The van der Waals surface area contributed by atoms with Gasteiger partial charge in [-0.25, -0.2) is 0 Å². The van der Waals surface area contributed by atoms with Crippen LogP contribution in [0.5, 0.6) is 5.75 Å². The SMILES string of the molecule is CCNC(=O)[C@H](C)N(Cc1cccc(OC)c1)C(=O)CCCSc1ccc(Cl)cc1. The molecule has 7 heteroatoms. The highest BCUT2D eigenvalue weighted by molar-refractivity contribution is 7.99. The quantitative estimate of drug-likeness (QED) is 0.397. The molecule has 1 atom stereocenters. The van der Waals surface area contributed by atoms with Gasteiger partial charge in [0.1, 0.15) is 11.8 Å². The standard InChI is InChI=1S/C23H29ClN2O3S/c1-4-25-23(28)17(2)26(16-18-7-5-8-20(15-18)29-3)22(27)9-6-14-30-21-12-10-19(24)11-13-21/h5,7-8,10-13,15,17H,4,6,9,14,16H2,1-3H3,(H,25,28)/t17-/m0/s1. The highest BCUT2D eigenvalue weighted by atomic mass is 35.5. The molecule has 0 saturated heterocycles. The normalized spacial score (nSPS) is 11.6. The number of halogens is 1. The number of benzene rings is 2. The summed E-state index contributed by atoms with van der Waals surface area (Å²) in [5, 5.41) is 3.52. The van der Waals surface area contributed by atoms with Crippen LogP contribution in [0.25, 0.3) is 0 Å². The van der Waals surface area contributed by atoms with Gasteiger partial charge < -0.3 is 15.0 Å². The van der Waals surface area contributed by atoms with E-state index in [1.165, 1.54) is 0 Å². The lowest BCUT2D eigenvalue weighted by Crippen LogP contribution is -2.47. The summed E-state index contributed by atoms with van der Waals surface area (Å²) in [5.41, 5.74) is 0.925. The molecule has 0 aliphatic rings. The van der Waals surface area contributed by atoms with Crippen molar-refractivity contribution in [2.45, 2.75) is 44.2 Å². The molecule has 2 aromatic carbocycles. The third kappa shape index (κ3) is 7.58. The second kappa shape index (κ2) is 12.5. The number of thioether (sulfide) groups is 1. The molecule has 2 amide bonds. The van der Waals surface area contributed by atoms with Crippen molar-refractivity contribution in [2.24, 2.45) is 0 Å².